The van der Waals surface area contributed by atoms with Crippen molar-refractivity contribution in [2.45, 2.75) is 13.0 Å². The number of thiazole rings is 1. The molecule has 2 rings (SSSR count). The van der Waals surface area contributed by atoms with E-state index in [1.54, 1.807) is 11.6 Å². The number of aromatic nitrogens is 1. The summed E-state index contributed by atoms with van der Waals surface area (Å²) in [7, 11) is 0. The maximum absolute atomic E-state index is 11.8. The first-order valence-corrected chi connectivity index (χ1v) is 5.93. The summed E-state index contributed by atoms with van der Waals surface area (Å²) in [6.45, 7) is 2.32. The highest BCUT2D eigenvalue weighted by Gasteiger charge is 2.09. The Hall–Kier alpha value is -0.880. The van der Waals surface area contributed by atoms with Crippen LogP contribution >= 0.6 is 36.2 Å². The quantitative estimate of drug-likeness (QED) is 0.913. The molecule has 0 bridgehead atoms. The molecule has 3 N–H and O–H groups in total. The van der Waals surface area contributed by atoms with E-state index < -0.39 is 0 Å². The third-order valence-corrected chi connectivity index (χ3v) is 3.12. The number of benzene rings is 1. The molecule has 2 aromatic rings. The Labute approximate surface area is 122 Å². The molecule has 1 amide bonds. The van der Waals surface area contributed by atoms with Crippen LogP contribution < -0.4 is 11.1 Å². The van der Waals surface area contributed by atoms with Crippen LogP contribution in [0.25, 0.3) is 10.2 Å². The topological polar surface area (TPSA) is 68.0 Å². The molecule has 0 saturated heterocycles. The van der Waals surface area contributed by atoms with E-state index in [1.807, 2.05) is 19.1 Å². The Morgan fingerprint density at radius 2 is 2.22 bits per heavy atom. The zero-order chi connectivity index (χ0) is 11.5. The normalized spacial score (nSPS) is 11.2. The lowest BCUT2D eigenvalue weighted by molar-refractivity contribution is 0.0941. The first-order valence-electron chi connectivity index (χ1n) is 5.05. The van der Waals surface area contributed by atoms with Gasteiger partial charge in [-0.2, -0.15) is 0 Å². The summed E-state index contributed by atoms with van der Waals surface area (Å²) in [5.74, 6) is -0.0896. The Morgan fingerprint density at radius 3 is 2.89 bits per heavy atom. The number of hydrogen-bond donors (Lipinski definition) is 2. The smallest absolute Gasteiger partial charge is 0.251 e. The fourth-order valence-corrected chi connectivity index (χ4v) is 2.08. The van der Waals surface area contributed by atoms with Gasteiger partial charge in [-0.3, -0.25) is 4.79 Å². The minimum absolute atomic E-state index is 0. The summed E-state index contributed by atoms with van der Waals surface area (Å²) in [6, 6.07) is 5.48. The van der Waals surface area contributed by atoms with Gasteiger partial charge in [0.1, 0.15) is 0 Å². The molecule has 1 aromatic carbocycles. The molecule has 0 aliphatic carbocycles. The number of nitrogens with zero attached hydrogens (tertiary/aromatic N) is 1. The molecule has 100 valence electrons. The van der Waals surface area contributed by atoms with Crippen molar-refractivity contribution in [1.29, 1.82) is 0 Å². The van der Waals surface area contributed by atoms with E-state index in [9.17, 15) is 4.79 Å². The number of nitrogens with one attached hydrogen (secondary N) is 1. The summed E-state index contributed by atoms with van der Waals surface area (Å²) >= 11 is 1.53. The van der Waals surface area contributed by atoms with E-state index in [0.29, 0.717) is 12.1 Å². The largest absolute Gasteiger partial charge is 0.348 e. The van der Waals surface area contributed by atoms with Crippen LogP contribution in [-0.4, -0.2) is 23.5 Å². The number of hydrogen-bond acceptors (Lipinski definition) is 4. The van der Waals surface area contributed by atoms with Crippen molar-refractivity contribution >= 4 is 52.3 Å². The summed E-state index contributed by atoms with van der Waals surface area (Å²) in [4.78, 5) is 16.0. The molecular formula is C11H15Cl2N3OS. The second kappa shape index (κ2) is 7.53. The second-order valence-electron chi connectivity index (χ2n) is 3.65. The van der Waals surface area contributed by atoms with Gasteiger partial charge >= 0.3 is 0 Å². The summed E-state index contributed by atoms with van der Waals surface area (Å²) < 4.78 is 1.02. The molecule has 1 aromatic heterocycles. The lowest BCUT2D eigenvalue weighted by Crippen LogP contribution is -2.37. The van der Waals surface area contributed by atoms with Crippen LogP contribution in [0.2, 0.25) is 0 Å². The lowest BCUT2D eigenvalue weighted by atomic mass is 10.2. The van der Waals surface area contributed by atoms with Crippen molar-refractivity contribution < 1.29 is 4.79 Å². The van der Waals surface area contributed by atoms with Gasteiger partial charge in [-0.1, -0.05) is 0 Å². The fraction of sp³-hybridized carbons (Fsp3) is 0.273. The van der Waals surface area contributed by atoms with Gasteiger partial charge in [-0.15, -0.1) is 36.2 Å². The molecule has 0 unspecified atom stereocenters. The number of nitrogens with two attached hydrogens (primary N) is 1. The predicted octanol–water partition coefficient (Wildman–Crippen LogP) is 2.22. The van der Waals surface area contributed by atoms with Crippen LogP contribution in [0, 0.1) is 0 Å². The van der Waals surface area contributed by atoms with Crippen molar-refractivity contribution in [1.82, 2.24) is 10.3 Å². The number of amides is 1. The van der Waals surface area contributed by atoms with Crippen LogP contribution in [0.15, 0.2) is 23.7 Å². The van der Waals surface area contributed by atoms with Gasteiger partial charge in [-0.25, -0.2) is 4.98 Å². The highest BCUT2D eigenvalue weighted by molar-refractivity contribution is 7.16. The zero-order valence-corrected chi connectivity index (χ0v) is 12.2. The van der Waals surface area contributed by atoms with Crippen molar-refractivity contribution in [2.24, 2.45) is 5.73 Å². The first-order chi connectivity index (χ1) is 7.70. The molecule has 0 spiro atoms. The van der Waals surface area contributed by atoms with Gasteiger partial charge in [0.15, 0.2) is 0 Å². The molecule has 0 fully saturated rings. The Bertz CT molecular complexity index is 518. The van der Waals surface area contributed by atoms with E-state index in [1.165, 1.54) is 11.3 Å². The Kier molecular flexibility index (Phi) is 7.16. The standard InChI is InChI=1S/C11H13N3OS.2ClH/c1-7(5-12)14-11(15)8-2-3-9-10(4-8)16-6-13-9;;/h2-4,6-7H,5,12H2,1H3,(H,14,15);2*1H/t7-;;/m0../s1. The highest BCUT2D eigenvalue weighted by atomic mass is 35.5. The molecule has 1 atom stereocenters. The van der Waals surface area contributed by atoms with Crippen molar-refractivity contribution in [3.05, 3.63) is 29.3 Å². The average Bonchev–Trinajstić information content (AvgIpc) is 2.75. The number of carbonyl (C=O) groups excluding carboxylic acids is 1. The summed E-state index contributed by atoms with van der Waals surface area (Å²) in [5.41, 5.74) is 8.80. The average molecular weight is 308 g/mol. The third-order valence-electron chi connectivity index (χ3n) is 2.32. The van der Waals surface area contributed by atoms with E-state index >= 15 is 0 Å². The predicted molar refractivity (Wildman–Crippen MR) is 80.1 cm³/mol. The Morgan fingerprint density at radius 1 is 1.50 bits per heavy atom. The summed E-state index contributed by atoms with van der Waals surface area (Å²) in [6.07, 6.45) is 0. The van der Waals surface area contributed by atoms with E-state index in [2.05, 4.69) is 10.3 Å². The Balaban J connectivity index is 0.00000144. The van der Waals surface area contributed by atoms with Crippen molar-refractivity contribution in [3.8, 4) is 0 Å². The number of rotatable bonds is 3. The zero-order valence-electron chi connectivity index (χ0n) is 9.75. The maximum atomic E-state index is 11.8. The monoisotopic (exact) mass is 307 g/mol. The second-order valence-corrected chi connectivity index (χ2v) is 4.53. The molecule has 7 heteroatoms. The van der Waals surface area contributed by atoms with Gasteiger partial charge in [-0.05, 0) is 25.1 Å². The minimum atomic E-state index is -0.0896. The highest BCUT2D eigenvalue weighted by Crippen LogP contribution is 2.18. The molecule has 0 aliphatic rings. The number of carbonyl (C=O) groups is 1. The van der Waals surface area contributed by atoms with Crippen LogP contribution in [0.3, 0.4) is 0 Å². The van der Waals surface area contributed by atoms with Crippen LogP contribution in [0.1, 0.15) is 17.3 Å². The van der Waals surface area contributed by atoms with Gasteiger partial charge in [0, 0.05) is 18.2 Å². The third kappa shape index (κ3) is 3.81. The molecule has 0 radical (unpaired) electrons. The van der Waals surface area contributed by atoms with Crippen LogP contribution in [0.4, 0.5) is 0 Å². The van der Waals surface area contributed by atoms with Gasteiger partial charge in [0.25, 0.3) is 5.91 Å². The van der Waals surface area contributed by atoms with Gasteiger partial charge in [0.05, 0.1) is 15.7 Å². The maximum Gasteiger partial charge on any atom is 0.251 e. The molecule has 4 nitrogen and oxygen atoms in total. The van der Waals surface area contributed by atoms with E-state index in [0.717, 1.165) is 10.2 Å². The fourth-order valence-electron chi connectivity index (χ4n) is 1.36. The SMILES string of the molecule is C[C@@H](CN)NC(=O)c1ccc2ncsc2c1.Cl.Cl. The first kappa shape index (κ1) is 17.1. The van der Waals surface area contributed by atoms with Crippen molar-refractivity contribution in [2.75, 3.05) is 6.54 Å². The lowest BCUT2D eigenvalue weighted by Gasteiger charge is -2.10. The molecule has 0 saturated carbocycles. The van der Waals surface area contributed by atoms with Crippen molar-refractivity contribution in [3.63, 3.8) is 0 Å². The molecule has 18 heavy (non-hydrogen) atoms. The molecule has 0 aliphatic heterocycles. The number of fused-ring (bicyclic) bond motifs is 1. The summed E-state index contributed by atoms with van der Waals surface area (Å²) in [5, 5.41) is 2.82. The molecule has 1 heterocycles. The van der Waals surface area contributed by atoms with E-state index in [-0.39, 0.29) is 36.8 Å². The van der Waals surface area contributed by atoms with E-state index in [4.69, 9.17) is 5.73 Å². The minimum Gasteiger partial charge on any atom is -0.348 e. The van der Waals surface area contributed by atoms with Gasteiger partial charge < -0.3 is 11.1 Å². The molecular weight excluding hydrogens is 293 g/mol. The van der Waals surface area contributed by atoms with Crippen LogP contribution in [-0.2, 0) is 0 Å². The van der Waals surface area contributed by atoms with Gasteiger partial charge in [0.2, 0.25) is 0 Å². The van der Waals surface area contributed by atoms with Crippen LogP contribution in [0.5, 0.6) is 0 Å². The number of halogens is 2.